The molecule has 1 aromatic carbocycles. The predicted octanol–water partition coefficient (Wildman–Crippen LogP) is 2.35. The molecule has 0 saturated heterocycles. The van der Waals surface area contributed by atoms with E-state index >= 15 is 0 Å². The van der Waals surface area contributed by atoms with E-state index in [9.17, 15) is 0 Å². The van der Waals surface area contributed by atoms with Crippen molar-refractivity contribution in [2.45, 2.75) is 14.7 Å². The van der Waals surface area contributed by atoms with E-state index in [1.165, 1.54) is 0 Å². The largest absolute Gasteiger partial charge is 0.143 e. The van der Waals surface area contributed by atoms with Gasteiger partial charge in [0.1, 0.15) is 0 Å². The van der Waals surface area contributed by atoms with Crippen LogP contribution in [0.3, 0.4) is 0 Å². The van der Waals surface area contributed by atoms with Gasteiger partial charge in [0, 0.05) is 20.8 Å². The summed E-state index contributed by atoms with van der Waals surface area (Å²) in [6.07, 6.45) is 0. The molecular weight excluding hydrogens is 168 g/mol. The second-order valence-corrected chi connectivity index (χ2v) is 3.09. The van der Waals surface area contributed by atoms with Crippen LogP contribution < -0.4 is 0 Å². The van der Waals surface area contributed by atoms with Crippen LogP contribution in [-0.4, -0.2) is 0 Å². The molecule has 0 aliphatic heterocycles. The van der Waals surface area contributed by atoms with Gasteiger partial charge in [0.2, 0.25) is 0 Å². The fourth-order valence-corrected chi connectivity index (χ4v) is 1.59. The van der Waals surface area contributed by atoms with Gasteiger partial charge in [-0.25, -0.2) is 0 Å². The Bertz CT molecular complexity index is 169. The summed E-state index contributed by atoms with van der Waals surface area (Å²) in [5.41, 5.74) is 0. The molecule has 0 aromatic heterocycles. The first-order chi connectivity index (χ1) is 4.18. The van der Waals surface area contributed by atoms with Crippen molar-refractivity contribution in [3.8, 4) is 0 Å². The normalized spacial score (nSPS) is 9.67. The lowest BCUT2D eigenvalue weighted by Crippen LogP contribution is -1.69. The molecule has 47 valence electrons. The first-order valence-electron chi connectivity index (χ1n) is 2.33. The SMILES string of the molecule is Sc1[c]c(S)cc(S)c1. The molecule has 0 N–H and O–H groups in total. The van der Waals surface area contributed by atoms with Gasteiger partial charge in [0.05, 0.1) is 0 Å². The van der Waals surface area contributed by atoms with Gasteiger partial charge >= 0.3 is 0 Å². The molecular formula is C6H5S3. The van der Waals surface area contributed by atoms with Crippen LogP contribution in [-0.2, 0) is 0 Å². The van der Waals surface area contributed by atoms with Crippen LogP contribution >= 0.6 is 37.9 Å². The van der Waals surface area contributed by atoms with Crippen molar-refractivity contribution >= 4 is 37.9 Å². The molecule has 0 saturated carbocycles. The number of thiol groups is 3. The average molecular weight is 173 g/mol. The van der Waals surface area contributed by atoms with E-state index in [-0.39, 0.29) is 0 Å². The smallest absolute Gasteiger partial charge is 0.0142 e. The van der Waals surface area contributed by atoms with Gasteiger partial charge in [0.15, 0.2) is 0 Å². The third kappa shape index (κ3) is 2.16. The predicted molar refractivity (Wildman–Crippen MR) is 47.0 cm³/mol. The van der Waals surface area contributed by atoms with Crippen molar-refractivity contribution in [1.29, 1.82) is 0 Å². The van der Waals surface area contributed by atoms with Gasteiger partial charge in [-0.05, 0) is 12.1 Å². The maximum absolute atomic E-state index is 4.11. The molecule has 0 unspecified atom stereocenters. The maximum atomic E-state index is 4.11. The van der Waals surface area contributed by atoms with Gasteiger partial charge in [-0.2, -0.15) is 0 Å². The van der Waals surface area contributed by atoms with E-state index in [4.69, 9.17) is 0 Å². The monoisotopic (exact) mass is 173 g/mol. The van der Waals surface area contributed by atoms with Crippen LogP contribution in [0.4, 0.5) is 0 Å². The molecule has 1 rings (SSSR count). The fraction of sp³-hybridized carbons (Fsp3) is 0. The minimum Gasteiger partial charge on any atom is -0.143 e. The average Bonchev–Trinajstić information content (AvgIpc) is 1.59. The molecule has 0 atom stereocenters. The van der Waals surface area contributed by atoms with Crippen molar-refractivity contribution in [3.63, 3.8) is 0 Å². The minimum absolute atomic E-state index is 0.771. The van der Waals surface area contributed by atoms with Crippen molar-refractivity contribution < 1.29 is 0 Å². The Morgan fingerprint density at radius 3 is 1.78 bits per heavy atom. The molecule has 9 heavy (non-hydrogen) atoms. The van der Waals surface area contributed by atoms with E-state index in [2.05, 4.69) is 44.0 Å². The van der Waals surface area contributed by atoms with Gasteiger partial charge < -0.3 is 0 Å². The van der Waals surface area contributed by atoms with Crippen LogP contribution in [0.1, 0.15) is 0 Å². The topological polar surface area (TPSA) is 0 Å². The zero-order valence-corrected chi connectivity index (χ0v) is 7.18. The van der Waals surface area contributed by atoms with Crippen LogP contribution in [0, 0.1) is 6.07 Å². The highest BCUT2D eigenvalue weighted by Crippen LogP contribution is 2.17. The van der Waals surface area contributed by atoms with Gasteiger partial charge in [0.25, 0.3) is 0 Å². The molecule has 0 heterocycles. The molecule has 1 radical (unpaired) electrons. The summed E-state index contributed by atoms with van der Waals surface area (Å²) >= 11 is 12.2. The Morgan fingerprint density at radius 1 is 1.00 bits per heavy atom. The highest BCUT2D eigenvalue weighted by molar-refractivity contribution is 7.81. The minimum atomic E-state index is 0.771. The second kappa shape index (κ2) is 2.90. The Labute approximate surface area is 70.9 Å². The summed E-state index contributed by atoms with van der Waals surface area (Å²) in [5, 5.41) is 0. The van der Waals surface area contributed by atoms with Crippen molar-refractivity contribution in [3.05, 3.63) is 18.2 Å². The van der Waals surface area contributed by atoms with E-state index < -0.39 is 0 Å². The number of rotatable bonds is 0. The molecule has 0 amide bonds. The van der Waals surface area contributed by atoms with Crippen molar-refractivity contribution in [2.75, 3.05) is 0 Å². The lowest BCUT2D eigenvalue weighted by atomic mass is 10.4. The molecule has 0 aliphatic carbocycles. The maximum Gasteiger partial charge on any atom is 0.0142 e. The molecule has 0 spiro atoms. The lowest BCUT2D eigenvalue weighted by molar-refractivity contribution is 1.23. The zero-order valence-electron chi connectivity index (χ0n) is 4.50. The van der Waals surface area contributed by atoms with Crippen LogP contribution in [0.5, 0.6) is 0 Å². The highest BCUT2D eigenvalue weighted by atomic mass is 32.1. The van der Waals surface area contributed by atoms with Crippen molar-refractivity contribution in [1.82, 2.24) is 0 Å². The molecule has 0 fully saturated rings. The summed E-state index contributed by atoms with van der Waals surface area (Å²) in [4.78, 5) is 2.41. The summed E-state index contributed by atoms with van der Waals surface area (Å²) in [7, 11) is 0. The third-order valence-corrected chi connectivity index (χ3v) is 1.57. The Hall–Kier alpha value is 0.270. The number of hydrogen-bond acceptors (Lipinski definition) is 3. The summed E-state index contributed by atoms with van der Waals surface area (Å²) in [5.74, 6) is 0. The lowest BCUT2D eigenvalue weighted by Gasteiger charge is -1.94. The highest BCUT2D eigenvalue weighted by Gasteiger charge is 1.90. The van der Waals surface area contributed by atoms with E-state index in [0.29, 0.717) is 0 Å². The third-order valence-electron chi connectivity index (χ3n) is 0.825. The van der Waals surface area contributed by atoms with Gasteiger partial charge in [-0.1, -0.05) is 0 Å². The van der Waals surface area contributed by atoms with Crippen LogP contribution in [0.15, 0.2) is 26.8 Å². The number of benzene rings is 1. The first kappa shape index (κ1) is 7.38. The second-order valence-electron chi connectivity index (χ2n) is 1.61. The zero-order chi connectivity index (χ0) is 6.85. The van der Waals surface area contributed by atoms with Crippen LogP contribution in [0.25, 0.3) is 0 Å². The van der Waals surface area contributed by atoms with E-state index in [1.807, 2.05) is 12.1 Å². The Morgan fingerprint density at radius 2 is 1.44 bits per heavy atom. The molecule has 0 nitrogen and oxygen atoms in total. The summed E-state index contributed by atoms with van der Waals surface area (Å²) < 4.78 is 0. The number of hydrogen-bond donors (Lipinski definition) is 3. The summed E-state index contributed by atoms with van der Waals surface area (Å²) in [6.45, 7) is 0. The van der Waals surface area contributed by atoms with Gasteiger partial charge in [-0.15, -0.1) is 37.9 Å². The van der Waals surface area contributed by atoms with Gasteiger partial charge in [-0.3, -0.25) is 0 Å². The Kier molecular flexibility index (Phi) is 2.38. The first-order valence-corrected chi connectivity index (χ1v) is 3.67. The molecule has 1 aromatic rings. The standard InChI is InChI=1S/C6H5S3/c7-4-1-5(8)3-6(9)2-4/h1-2,7-9H. The van der Waals surface area contributed by atoms with Crippen LogP contribution in [0.2, 0.25) is 0 Å². The summed E-state index contributed by atoms with van der Waals surface area (Å²) in [6, 6.07) is 6.51. The molecule has 0 aliphatic rings. The Balaban J connectivity index is 3.17. The molecule has 3 heteroatoms. The quantitative estimate of drug-likeness (QED) is 0.493. The molecule has 0 bridgehead atoms. The fourth-order valence-electron chi connectivity index (χ4n) is 0.525. The van der Waals surface area contributed by atoms with Crippen molar-refractivity contribution in [2.24, 2.45) is 0 Å². The van der Waals surface area contributed by atoms with E-state index in [1.54, 1.807) is 0 Å². The van der Waals surface area contributed by atoms with E-state index in [0.717, 1.165) is 14.7 Å².